The van der Waals surface area contributed by atoms with E-state index in [-0.39, 0.29) is 0 Å². The van der Waals surface area contributed by atoms with Gasteiger partial charge in [-0.1, -0.05) is 152 Å². The summed E-state index contributed by atoms with van der Waals surface area (Å²) >= 11 is 0. The standard InChI is InChI=1S/C51H35N3O/c1-3-12-34(13-4-1)38-16-9-18-40(30-38)41-19-11-21-44(32-41)51-53-49(52-50(54-51)43-20-10-17-39(31-43)35-14-5-2-6-15-35)37-26-24-36(25-27-37)42-28-29-46-45-22-7-8-23-47(45)55-48(46)33-42/h1-9,11-19,21-33H,10,20H2. The molecule has 10 rings (SSSR count). The van der Waals surface area contributed by atoms with Gasteiger partial charge in [0.2, 0.25) is 0 Å². The van der Waals surface area contributed by atoms with Gasteiger partial charge in [-0.15, -0.1) is 0 Å². The summed E-state index contributed by atoms with van der Waals surface area (Å²) in [5, 5.41) is 2.25. The third-order valence-electron chi connectivity index (χ3n) is 10.4. The largest absolute Gasteiger partial charge is 0.456 e. The lowest BCUT2D eigenvalue weighted by Crippen LogP contribution is -2.04. The van der Waals surface area contributed by atoms with Crippen LogP contribution in [-0.4, -0.2) is 15.0 Å². The van der Waals surface area contributed by atoms with Gasteiger partial charge in [0.05, 0.1) is 0 Å². The molecule has 0 atom stereocenters. The van der Waals surface area contributed by atoms with Crippen LogP contribution in [0.2, 0.25) is 0 Å². The van der Waals surface area contributed by atoms with Crippen molar-refractivity contribution in [1.29, 1.82) is 0 Å². The molecule has 9 aromatic rings. The van der Waals surface area contributed by atoms with Crippen molar-refractivity contribution >= 4 is 33.1 Å². The van der Waals surface area contributed by atoms with Crippen LogP contribution in [0.4, 0.5) is 0 Å². The highest BCUT2D eigenvalue weighted by Crippen LogP contribution is 2.35. The van der Waals surface area contributed by atoms with Crippen molar-refractivity contribution in [1.82, 2.24) is 15.0 Å². The first-order valence-electron chi connectivity index (χ1n) is 18.7. The summed E-state index contributed by atoms with van der Waals surface area (Å²) in [4.78, 5) is 15.4. The number of hydrogen-bond acceptors (Lipinski definition) is 4. The Kier molecular flexibility index (Phi) is 8.27. The van der Waals surface area contributed by atoms with Gasteiger partial charge in [0.15, 0.2) is 17.5 Å². The lowest BCUT2D eigenvalue weighted by molar-refractivity contribution is 0.669. The molecular weight excluding hydrogens is 671 g/mol. The molecule has 0 spiro atoms. The molecule has 0 radical (unpaired) electrons. The van der Waals surface area contributed by atoms with Crippen LogP contribution in [-0.2, 0) is 0 Å². The number of rotatable bonds is 7. The summed E-state index contributed by atoms with van der Waals surface area (Å²) in [6.07, 6.45) is 6.32. The topological polar surface area (TPSA) is 51.8 Å². The molecule has 0 N–H and O–H groups in total. The summed E-state index contributed by atoms with van der Waals surface area (Å²) < 4.78 is 6.20. The second kappa shape index (κ2) is 14.0. The lowest BCUT2D eigenvalue weighted by atomic mass is 9.94. The maximum atomic E-state index is 6.20. The van der Waals surface area contributed by atoms with Crippen LogP contribution in [0.3, 0.4) is 0 Å². The highest BCUT2D eigenvalue weighted by molar-refractivity contribution is 6.05. The molecular formula is C51H35N3O. The van der Waals surface area contributed by atoms with Crippen molar-refractivity contribution in [3.63, 3.8) is 0 Å². The fourth-order valence-electron chi connectivity index (χ4n) is 7.55. The summed E-state index contributed by atoms with van der Waals surface area (Å²) in [6, 6.07) is 61.3. The Morgan fingerprint density at radius 1 is 0.364 bits per heavy atom. The number of nitrogens with zero attached hydrogens (tertiary/aromatic N) is 3. The summed E-state index contributed by atoms with van der Waals surface area (Å²) in [5.41, 5.74) is 14.0. The van der Waals surface area contributed by atoms with E-state index in [2.05, 4.69) is 164 Å². The highest BCUT2D eigenvalue weighted by Gasteiger charge is 2.18. The highest BCUT2D eigenvalue weighted by atomic mass is 16.3. The molecule has 7 aromatic carbocycles. The Bertz CT molecular complexity index is 2900. The van der Waals surface area contributed by atoms with E-state index in [1.54, 1.807) is 0 Å². The molecule has 4 nitrogen and oxygen atoms in total. The van der Waals surface area contributed by atoms with Gasteiger partial charge in [0, 0.05) is 21.9 Å². The van der Waals surface area contributed by atoms with Crippen LogP contribution in [0.25, 0.3) is 89.2 Å². The van der Waals surface area contributed by atoms with Crippen molar-refractivity contribution in [2.75, 3.05) is 0 Å². The zero-order valence-corrected chi connectivity index (χ0v) is 30.1. The fourth-order valence-corrected chi connectivity index (χ4v) is 7.55. The van der Waals surface area contributed by atoms with Gasteiger partial charge in [0.25, 0.3) is 0 Å². The average Bonchev–Trinajstić information content (AvgIpc) is 3.65. The van der Waals surface area contributed by atoms with Crippen molar-refractivity contribution in [2.24, 2.45) is 0 Å². The van der Waals surface area contributed by atoms with Gasteiger partial charge in [-0.25, -0.2) is 15.0 Å². The van der Waals surface area contributed by atoms with Gasteiger partial charge in [-0.05, 0) is 99.3 Å². The van der Waals surface area contributed by atoms with Gasteiger partial charge >= 0.3 is 0 Å². The second-order valence-electron chi connectivity index (χ2n) is 14.0. The van der Waals surface area contributed by atoms with E-state index in [0.717, 1.165) is 73.7 Å². The molecule has 260 valence electrons. The number of hydrogen-bond donors (Lipinski definition) is 0. The molecule has 0 unspecified atom stereocenters. The quantitative estimate of drug-likeness (QED) is 0.166. The molecule has 2 heterocycles. The molecule has 1 aliphatic carbocycles. The smallest absolute Gasteiger partial charge is 0.164 e. The summed E-state index contributed by atoms with van der Waals surface area (Å²) in [6.45, 7) is 0. The maximum Gasteiger partial charge on any atom is 0.164 e. The van der Waals surface area contributed by atoms with Crippen LogP contribution in [0.5, 0.6) is 0 Å². The van der Waals surface area contributed by atoms with Gasteiger partial charge < -0.3 is 4.42 Å². The normalized spacial score (nSPS) is 12.8. The minimum absolute atomic E-state index is 0.646. The van der Waals surface area contributed by atoms with E-state index in [1.165, 1.54) is 22.3 Å². The van der Waals surface area contributed by atoms with Gasteiger partial charge in [-0.3, -0.25) is 0 Å². The number of allylic oxidation sites excluding steroid dienone is 4. The van der Waals surface area contributed by atoms with Crippen LogP contribution < -0.4 is 0 Å². The second-order valence-corrected chi connectivity index (χ2v) is 14.0. The van der Waals surface area contributed by atoms with E-state index in [0.29, 0.717) is 17.5 Å². The minimum Gasteiger partial charge on any atom is -0.456 e. The number of benzene rings is 7. The van der Waals surface area contributed by atoms with Crippen LogP contribution in [0.1, 0.15) is 24.2 Å². The minimum atomic E-state index is 0.646. The zero-order valence-electron chi connectivity index (χ0n) is 30.1. The fraction of sp³-hybridized carbons (Fsp3) is 0.0392. The first kappa shape index (κ1) is 32.5. The average molecular weight is 706 g/mol. The summed E-state index contributed by atoms with van der Waals surface area (Å²) in [5.74, 6) is 2.00. The third kappa shape index (κ3) is 6.45. The Morgan fingerprint density at radius 2 is 0.873 bits per heavy atom. The van der Waals surface area contributed by atoms with Crippen molar-refractivity contribution in [2.45, 2.75) is 12.8 Å². The van der Waals surface area contributed by atoms with Crippen molar-refractivity contribution in [3.8, 4) is 56.2 Å². The number of para-hydroxylation sites is 1. The Hall–Kier alpha value is -7.17. The Labute approximate surface area is 319 Å². The molecule has 55 heavy (non-hydrogen) atoms. The monoisotopic (exact) mass is 705 g/mol. The lowest BCUT2D eigenvalue weighted by Gasteiger charge is -2.15. The molecule has 0 saturated carbocycles. The van der Waals surface area contributed by atoms with Crippen LogP contribution in [0, 0.1) is 0 Å². The van der Waals surface area contributed by atoms with Gasteiger partial charge in [-0.2, -0.15) is 0 Å². The molecule has 1 aliphatic rings. The van der Waals surface area contributed by atoms with Crippen LogP contribution in [0.15, 0.2) is 192 Å². The zero-order chi connectivity index (χ0) is 36.6. The Morgan fingerprint density at radius 3 is 1.64 bits per heavy atom. The molecule has 2 aromatic heterocycles. The first-order chi connectivity index (χ1) is 27.2. The van der Waals surface area contributed by atoms with E-state index in [4.69, 9.17) is 19.4 Å². The first-order valence-corrected chi connectivity index (χ1v) is 18.7. The Balaban J connectivity index is 1.04. The third-order valence-corrected chi connectivity index (χ3v) is 10.4. The predicted molar refractivity (Wildman–Crippen MR) is 226 cm³/mol. The number of furan rings is 1. The number of aromatic nitrogens is 3. The molecule has 4 heteroatoms. The number of fused-ring (bicyclic) bond motifs is 3. The van der Waals surface area contributed by atoms with Crippen molar-refractivity contribution in [3.05, 3.63) is 199 Å². The maximum absolute atomic E-state index is 6.20. The van der Waals surface area contributed by atoms with E-state index in [1.807, 2.05) is 24.3 Å². The van der Waals surface area contributed by atoms with E-state index >= 15 is 0 Å². The molecule has 0 aliphatic heterocycles. The molecule has 0 saturated heterocycles. The molecule has 0 bridgehead atoms. The van der Waals surface area contributed by atoms with E-state index < -0.39 is 0 Å². The molecule has 0 amide bonds. The summed E-state index contributed by atoms with van der Waals surface area (Å²) in [7, 11) is 0. The SMILES string of the molecule is C1=C(c2ccccc2)C=C(c2nc(-c3ccc(-c4ccc5c(c4)oc4ccccc45)cc3)nc(-c3cccc(-c4cccc(-c5ccccc5)c4)c3)n2)CC1. The van der Waals surface area contributed by atoms with Crippen LogP contribution >= 0.6 is 0 Å². The predicted octanol–water partition coefficient (Wildman–Crippen LogP) is 13.4. The molecule has 0 fully saturated rings. The van der Waals surface area contributed by atoms with Crippen molar-refractivity contribution < 1.29 is 4.42 Å². The van der Waals surface area contributed by atoms with E-state index in [9.17, 15) is 0 Å². The van der Waals surface area contributed by atoms with Gasteiger partial charge in [0.1, 0.15) is 11.2 Å².